The van der Waals surface area contributed by atoms with Crippen molar-refractivity contribution in [2.45, 2.75) is 21.1 Å². The van der Waals surface area contributed by atoms with Crippen LogP contribution in [0.3, 0.4) is 0 Å². The number of hydrogen-bond donors (Lipinski definition) is 0. The van der Waals surface area contributed by atoms with E-state index < -0.39 is 23.2 Å². The smallest absolute Gasteiger partial charge is 1.00 e. The molecule has 0 radical (unpaired) electrons. The monoisotopic (exact) mass is 518 g/mol. The van der Waals surface area contributed by atoms with Gasteiger partial charge in [-0.05, 0) is 0 Å². The van der Waals surface area contributed by atoms with Gasteiger partial charge in [0.15, 0.2) is 0 Å². The zero-order chi connectivity index (χ0) is 20.0. The van der Waals surface area contributed by atoms with Crippen molar-refractivity contribution < 1.29 is 48.0 Å². The van der Waals surface area contributed by atoms with Crippen LogP contribution in [0.25, 0.3) is 12.2 Å². The molecule has 2 atom stereocenters. The van der Waals surface area contributed by atoms with Crippen LogP contribution in [0.2, 0.25) is 0 Å². The van der Waals surface area contributed by atoms with Gasteiger partial charge in [-0.25, -0.2) is 0 Å². The maximum Gasteiger partial charge on any atom is -1.00 e. The molecule has 0 aromatic heterocycles. The van der Waals surface area contributed by atoms with Gasteiger partial charge in [0.05, 0.1) is 0 Å². The zero-order valence-electron chi connectivity index (χ0n) is 18.6. The second kappa shape index (κ2) is 10.1. The Morgan fingerprint density at radius 1 is 0.800 bits per heavy atom. The Hall–Kier alpha value is -1.02. The standard InChI is InChI=1S/C14H18N.C11H12N.2ClH.Zr/c1-10(2)12-7-11-5-6-14(15(3)4)9-13(11)8-12;1-12(2)11-7-6-9-4-3-5-10(9)8-11;;;/h5-10H,1-4H3;3-8H,1-2H3;2*1H;/q;;;;+2/p-2. The second-order valence-electron chi connectivity index (χ2n) is 8.65. The van der Waals surface area contributed by atoms with Crippen LogP contribution in [0.4, 0.5) is 11.4 Å². The molecule has 2 nitrogen and oxygen atoms in total. The van der Waals surface area contributed by atoms with E-state index >= 15 is 0 Å². The minimum atomic E-state index is -0.735. The predicted molar refractivity (Wildman–Crippen MR) is 119 cm³/mol. The molecular formula is C25H30Cl2N2Zr. The summed E-state index contributed by atoms with van der Waals surface area (Å²) in [4.78, 5) is 4.39. The molecule has 0 saturated heterocycles. The van der Waals surface area contributed by atoms with Crippen molar-refractivity contribution in [2.75, 3.05) is 38.0 Å². The third-order valence-corrected chi connectivity index (χ3v) is 10.5. The van der Waals surface area contributed by atoms with Crippen molar-refractivity contribution in [1.29, 1.82) is 0 Å². The van der Waals surface area contributed by atoms with Crippen LogP contribution in [0, 0.1) is 5.92 Å². The molecular weight excluding hydrogens is 490 g/mol. The summed E-state index contributed by atoms with van der Waals surface area (Å²) in [5.41, 5.74) is 10.3. The van der Waals surface area contributed by atoms with Crippen molar-refractivity contribution in [3.05, 3.63) is 70.3 Å². The third kappa shape index (κ3) is 4.74. The minimum absolute atomic E-state index is 0. The molecule has 158 valence electrons. The van der Waals surface area contributed by atoms with Gasteiger partial charge in [0.2, 0.25) is 0 Å². The van der Waals surface area contributed by atoms with E-state index in [0.29, 0.717) is 13.2 Å². The number of anilines is 2. The van der Waals surface area contributed by atoms with Gasteiger partial charge in [-0.1, -0.05) is 0 Å². The number of benzene rings is 2. The summed E-state index contributed by atoms with van der Waals surface area (Å²) in [5.74, 6) is 0.613. The van der Waals surface area contributed by atoms with Crippen LogP contribution < -0.4 is 34.6 Å². The molecule has 0 aliphatic heterocycles. The van der Waals surface area contributed by atoms with Crippen molar-refractivity contribution in [3.8, 4) is 0 Å². The van der Waals surface area contributed by atoms with Crippen LogP contribution in [0.5, 0.6) is 0 Å². The molecule has 2 aliphatic carbocycles. The third-order valence-electron chi connectivity index (χ3n) is 5.96. The summed E-state index contributed by atoms with van der Waals surface area (Å²) in [6, 6.07) is 14.1. The van der Waals surface area contributed by atoms with Crippen LogP contribution in [-0.2, 0) is 23.2 Å². The number of allylic oxidation sites excluding steroid dienone is 2. The first-order chi connectivity index (χ1) is 13.3. The number of hydrogen-bond acceptors (Lipinski definition) is 2. The first kappa shape index (κ1) is 25.2. The van der Waals surface area contributed by atoms with Crippen molar-refractivity contribution in [3.63, 3.8) is 0 Å². The number of rotatable bonds is 5. The maximum absolute atomic E-state index is 2.49. The van der Waals surface area contributed by atoms with Gasteiger partial charge >= 0.3 is 182 Å². The first-order valence-corrected chi connectivity index (χ1v) is 13.0. The number of nitrogens with zero attached hydrogens (tertiary/aromatic N) is 2. The normalized spacial score (nSPS) is 18.0. The molecule has 2 aliphatic rings. The first-order valence-electron chi connectivity index (χ1n) is 10.1. The molecule has 0 spiro atoms. The Morgan fingerprint density at radius 3 is 1.93 bits per heavy atom. The topological polar surface area (TPSA) is 6.48 Å². The SMILES string of the molecule is CC(C)C1=Cc2cc(N(C)C)ccc2[CH]1[Zr+2][CH]1C=Cc2cc(N(C)C)ccc21.[Cl-].[Cl-]. The predicted octanol–water partition coefficient (Wildman–Crippen LogP) is -0.229. The van der Waals surface area contributed by atoms with E-state index in [-0.39, 0.29) is 24.8 Å². The van der Waals surface area contributed by atoms with Crippen molar-refractivity contribution in [2.24, 2.45) is 5.92 Å². The minimum Gasteiger partial charge on any atom is -1.00 e. The molecule has 0 N–H and O–H groups in total. The average molecular weight is 521 g/mol. The van der Waals surface area contributed by atoms with Gasteiger partial charge in [0.25, 0.3) is 0 Å². The summed E-state index contributed by atoms with van der Waals surface area (Å²) in [6.07, 6.45) is 7.34. The fourth-order valence-corrected chi connectivity index (χ4v) is 9.32. The van der Waals surface area contributed by atoms with Gasteiger partial charge in [0.1, 0.15) is 0 Å². The Balaban J connectivity index is 0.00000160. The van der Waals surface area contributed by atoms with E-state index in [1.165, 1.54) is 22.5 Å². The Kier molecular flexibility index (Phi) is 8.47. The molecule has 2 unspecified atom stereocenters. The summed E-state index contributed by atoms with van der Waals surface area (Å²) >= 11 is -0.735. The van der Waals surface area contributed by atoms with Gasteiger partial charge < -0.3 is 24.8 Å². The molecule has 0 heterocycles. The fraction of sp³-hybridized carbons (Fsp3) is 0.360. The Morgan fingerprint density at radius 2 is 1.37 bits per heavy atom. The van der Waals surface area contributed by atoms with Gasteiger partial charge in [-0.3, -0.25) is 0 Å². The average Bonchev–Trinajstić information content (AvgIpc) is 3.23. The van der Waals surface area contributed by atoms with Crippen LogP contribution in [0.15, 0.2) is 48.0 Å². The van der Waals surface area contributed by atoms with Gasteiger partial charge in [-0.15, -0.1) is 0 Å². The quantitative estimate of drug-likeness (QED) is 0.538. The summed E-state index contributed by atoms with van der Waals surface area (Å²) in [7, 11) is 8.48. The zero-order valence-corrected chi connectivity index (χ0v) is 22.5. The molecule has 0 saturated carbocycles. The van der Waals surface area contributed by atoms with Crippen molar-refractivity contribution >= 4 is 23.5 Å². The Bertz CT molecular complexity index is 964. The number of fused-ring (bicyclic) bond motifs is 2. The van der Waals surface area contributed by atoms with E-state index in [2.05, 4.69) is 106 Å². The van der Waals surface area contributed by atoms with Crippen LogP contribution >= 0.6 is 0 Å². The second-order valence-corrected chi connectivity index (χ2v) is 12.4. The Labute approximate surface area is 205 Å². The molecule has 4 rings (SSSR count). The van der Waals surface area contributed by atoms with E-state index in [1.54, 1.807) is 16.7 Å². The fourth-order valence-electron chi connectivity index (χ4n) is 4.25. The van der Waals surface area contributed by atoms with Crippen LogP contribution in [0.1, 0.15) is 43.4 Å². The van der Waals surface area contributed by atoms with Crippen molar-refractivity contribution in [1.82, 2.24) is 0 Å². The van der Waals surface area contributed by atoms with Crippen LogP contribution in [-0.4, -0.2) is 28.2 Å². The largest absolute Gasteiger partial charge is 1.00 e. The molecule has 0 bridgehead atoms. The summed E-state index contributed by atoms with van der Waals surface area (Å²) < 4.78 is 1.35. The molecule has 30 heavy (non-hydrogen) atoms. The van der Waals surface area contributed by atoms with Gasteiger partial charge in [-0.2, -0.15) is 0 Å². The number of halogens is 2. The van der Waals surface area contributed by atoms with Gasteiger partial charge in [0, 0.05) is 0 Å². The molecule has 5 heteroatoms. The van der Waals surface area contributed by atoms with E-state index in [1.807, 2.05) is 0 Å². The van der Waals surface area contributed by atoms with E-state index in [4.69, 9.17) is 0 Å². The van der Waals surface area contributed by atoms with E-state index in [0.717, 1.165) is 0 Å². The summed E-state index contributed by atoms with van der Waals surface area (Å²) in [6.45, 7) is 4.72. The molecule has 0 fully saturated rings. The maximum atomic E-state index is 2.49. The van der Waals surface area contributed by atoms with E-state index in [9.17, 15) is 0 Å². The molecule has 2 aromatic carbocycles. The molecule has 2 aromatic rings. The summed E-state index contributed by atoms with van der Waals surface area (Å²) in [5, 5.41) is 0. The molecule has 0 amide bonds.